The molecule has 0 spiro atoms. The first kappa shape index (κ1) is 16.7. The number of benzene rings is 2. The van der Waals surface area contributed by atoms with E-state index in [0.29, 0.717) is 12.2 Å². The lowest BCUT2D eigenvalue weighted by atomic mass is 10.1. The monoisotopic (exact) mass is 337 g/mol. The van der Waals surface area contributed by atoms with E-state index in [0.717, 1.165) is 16.5 Å². The number of carboxylic acid groups (broad SMARTS) is 1. The molecule has 1 unspecified atom stereocenters. The Hall–Kier alpha value is -3.15. The zero-order chi connectivity index (χ0) is 17.8. The zero-order valence-electron chi connectivity index (χ0n) is 13.8. The van der Waals surface area contributed by atoms with Gasteiger partial charge in [0.1, 0.15) is 0 Å². The highest BCUT2D eigenvalue weighted by Gasteiger charge is 2.25. The molecule has 0 radical (unpaired) electrons. The third kappa shape index (κ3) is 3.68. The Morgan fingerprint density at radius 1 is 1.12 bits per heavy atom. The number of aromatic nitrogens is 2. The highest BCUT2D eigenvalue weighted by atomic mass is 16.4. The second kappa shape index (κ2) is 7.17. The SMILES string of the molecule is CC(CN(Cc1ccccc1)C(=O)c1n[nH]c2ccccc12)C(=O)O. The van der Waals surface area contributed by atoms with Crippen molar-refractivity contribution in [2.24, 2.45) is 5.92 Å². The van der Waals surface area contributed by atoms with Gasteiger partial charge >= 0.3 is 5.97 Å². The predicted octanol–water partition coefficient (Wildman–Crippen LogP) is 2.93. The van der Waals surface area contributed by atoms with Crippen molar-refractivity contribution in [3.05, 3.63) is 65.9 Å². The highest BCUT2D eigenvalue weighted by molar-refractivity contribution is 6.04. The number of carbonyl (C=O) groups excluding carboxylic acids is 1. The Labute approximate surface area is 145 Å². The van der Waals surface area contributed by atoms with Gasteiger partial charge in [-0.1, -0.05) is 55.5 Å². The van der Waals surface area contributed by atoms with Crippen molar-refractivity contribution in [3.63, 3.8) is 0 Å². The van der Waals surface area contributed by atoms with E-state index in [1.807, 2.05) is 54.6 Å². The minimum atomic E-state index is -0.933. The van der Waals surface area contributed by atoms with Crippen LogP contribution in [0.3, 0.4) is 0 Å². The molecule has 1 atom stereocenters. The van der Waals surface area contributed by atoms with E-state index in [1.165, 1.54) is 4.90 Å². The van der Waals surface area contributed by atoms with Crippen molar-refractivity contribution < 1.29 is 14.7 Å². The normalized spacial score (nSPS) is 12.0. The van der Waals surface area contributed by atoms with E-state index >= 15 is 0 Å². The van der Waals surface area contributed by atoms with Crippen LogP contribution in [0, 0.1) is 5.92 Å². The molecule has 1 aromatic heterocycles. The lowest BCUT2D eigenvalue weighted by Gasteiger charge is -2.24. The average Bonchev–Trinajstić information content (AvgIpc) is 3.05. The number of rotatable bonds is 6. The second-order valence-electron chi connectivity index (χ2n) is 6.03. The first-order chi connectivity index (χ1) is 12.1. The van der Waals surface area contributed by atoms with Crippen LogP contribution in [0.5, 0.6) is 0 Å². The van der Waals surface area contributed by atoms with Crippen molar-refractivity contribution in [2.45, 2.75) is 13.5 Å². The number of aliphatic carboxylic acids is 1. The van der Waals surface area contributed by atoms with Crippen LogP contribution in [0.25, 0.3) is 10.9 Å². The first-order valence-electron chi connectivity index (χ1n) is 8.05. The smallest absolute Gasteiger partial charge is 0.308 e. The van der Waals surface area contributed by atoms with Crippen molar-refractivity contribution in [2.75, 3.05) is 6.54 Å². The number of aromatic amines is 1. The molecule has 3 aromatic rings. The molecule has 2 aromatic carbocycles. The maximum absolute atomic E-state index is 13.0. The van der Waals surface area contributed by atoms with Crippen molar-refractivity contribution in [1.29, 1.82) is 0 Å². The van der Waals surface area contributed by atoms with E-state index < -0.39 is 11.9 Å². The van der Waals surface area contributed by atoms with Crippen LogP contribution in [0.15, 0.2) is 54.6 Å². The Balaban J connectivity index is 1.92. The maximum Gasteiger partial charge on any atom is 0.308 e. The van der Waals surface area contributed by atoms with Crippen LogP contribution in [-0.4, -0.2) is 38.6 Å². The third-order valence-corrected chi connectivity index (χ3v) is 4.09. The molecule has 0 aliphatic heterocycles. The zero-order valence-corrected chi connectivity index (χ0v) is 13.8. The second-order valence-corrected chi connectivity index (χ2v) is 6.03. The molecule has 1 heterocycles. The van der Waals surface area contributed by atoms with E-state index in [2.05, 4.69) is 10.2 Å². The summed E-state index contributed by atoms with van der Waals surface area (Å²) in [5.74, 6) is -1.88. The largest absolute Gasteiger partial charge is 0.481 e. The molecule has 25 heavy (non-hydrogen) atoms. The number of hydrogen-bond donors (Lipinski definition) is 2. The number of nitrogens with one attached hydrogen (secondary N) is 1. The Kier molecular flexibility index (Phi) is 4.79. The summed E-state index contributed by atoms with van der Waals surface area (Å²) in [5, 5.41) is 16.9. The fourth-order valence-electron chi connectivity index (χ4n) is 2.71. The molecule has 0 saturated heterocycles. The lowest BCUT2D eigenvalue weighted by molar-refractivity contribution is -0.141. The number of fused-ring (bicyclic) bond motifs is 1. The van der Waals surface area contributed by atoms with Gasteiger partial charge in [0.2, 0.25) is 0 Å². The lowest BCUT2D eigenvalue weighted by Crippen LogP contribution is -2.36. The number of nitrogens with zero attached hydrogens (tertiary/aromatic N) is 2. The van der Waals surface area contributed by atoms with Gasteiger partial charge in [-0.3, -0.25) is 14.7 Å². The van der Waals surface area contributed by atoms with Crippen molar-refractivity contribution >= 4 is 22.8 Å². The molecule has 3 rings (SSSR count). The van der Waals surface area contributed by atoms with Crippen LogP contribution < -0.4 is 0 Å². The molecule has 6 heteroatoms. The van der Waals surface area contributed by atoms with Gasteiger partial charge in [-0.05, 0) is 11.6 Å². The van der Waals surface area contributed by atoms with Crippen LogP contribution in [-0.2, 0) is 11.3 Å². The van der Waals surface area contributed by atoms with Crippen LogP contribution >= 0.6 is 0 Å². The van der Waals surface area contributed by atoms with Gasteiger partial charge < -0.3 is 10.0 Å². The third-order valence-electron chi connectivity index (χ3n) is 4.09. The molecular formula is C19H19N3O3. The van der Waals surface area contributed by atoms with Gasteiger partial charge in [-0.15, -0.1) is 0 Å². The summed E-state index contributed by atoms with van der Waals surface area (Å²) in [6.07, 6.45) is 0. The van der Waals surface area contributed by atoms with Gasteiger partial charge in [0.05, 0.1) is 11.4 Å². The van der Waals surface area contributed by atoms with Gasteiger partial charge in [0.15, 0.2) is 5.69 Å². The van der Waals surface area contributed by atoms with E-state index in [4.69, 9.17) is 0 Å². The Bertz CT molecular complexity index is 889. The van der Waals surface area contributed by atoms with E-state index in [9.17, 15) is 14.7 Å². The summed E-state index contributed by atoms with van der Waals surface area (Å²) in [5.41, 5.74) is 2.02. The van der Waals surface area contributed by atoms with Crippen molar-refractivity contribution in [1.82, 2.24) is 15.1 Å². The fraction of sp³-hybridized carbons (Fsp3) is 0.211. The molecule has 0 aliphatic rings. The summed E-state index contributed by atoms with van der Waals surface area (Å²) in [6, 6.07) is 16.9. The number of carbonyl (C=O) groups is 2. The fourth-order valence-corrected chi connectivity index (χ4v) is 2.71. The van der Waals surface area contributed by atoms with Crippen LogP contribution in [0.2, 0.25) is 0 Å². The van der Waals surface area contributed by atoms with Gasteiger partial charge in [0, 0.05) is 18.5 Å². The summed E-state index contributed by atoms with van der Waals surface area (Å²) in [4.78, 5) is 25.8. The standard InChI is InChI=1S/C19H19N3O3/c1-13(19(24)25)11-22(12-14-7-3-2-4-8-14)18(23)17-15-9-5-6-10-16(15)20-21-17/h2-10,13H,11-12H2,1H3,(H,20,21)(H,24,25). The number of H-pyrrole nitrogens is 1. The molecule has 0 fully saturated rings. The molecule has 0 aliphatic carbocycles. The first-order valence-corrected chi connectivity index (χ1v) is 8.05. The number of para-hydroxylation sites is 1. The summed E-state index contributed by atoms with van der Waals surface area (Å²) >= 11 is 0. The minimum Gasteiger partial charge on any atom is -0.481 e. The Morgan fingerprint density at radius 2 is 1.80 bits per heavy atom. The highest BCUT2D eigenvalue weighted by Crippen LogP contribution is 2.19. The summed E-state index contributed by atoms with van der Waals surface area (Å²) in [7, 11) is 0. The topological polar surface area (TPSA) is 86.3 Å². The van der Waals surface area contributed by atoms with E-state index in [1.54, 1.807) is 6.92 Å². The molecular weight excluding hydrogens is 318 g/mol. The van der Waals surface area contributed by atoms with Crippen LogP contribution in [0.4, 0.5) is 0 Å². The number of carboxylic acids is 1. The molecule has 0 bridgehead atoms. The minimum absolute atomic E-state index is 0.115. The quantitative estimate of drug-likeness (QED) is 0.724. The summed E-state index contributed by atoms with van der Waals surface area (Å²) in [6.45, 7) is 2.04. The van der Waals surface area contributed by atoms with Gasteiger partial charge in [-0.25, -0.2) is 0 Å². The van der Waals surface area contributed by atoms with Gasteiger partial charge in [-0.2, -0.15) is 5.10 Å². The Morgan fingerprint density at radius 3 is 2.52 bits per heavy atom. The molecule has 1 amide bonds. The van der Waals surface area contributed by atoms with Gasteiger partial charge in [0.25, 0.3) is 5.91 Å². The summed E-state index contributed by atoms with van der Waals surface area (Å²) < 4.78 is 0. The average molecular weight is 337 g/mol. The number of amides is 1. The molecule has 2 N–H and O–H groups in total. The predicted molar refractivity (Wildman–Crippen MR) is 94.1 cm³/mol. The molecule has 128 valence electrons. The van der Waals surface area contributed by atoms with Crippen LogP contribution in [0.1, 0.15) is 23.0 Å². The van der Waals surface area contributed by atoms with Crippen molar-refractivity contribution in [3.8, 4) is 0 Å². The molecule has 6 nitrogen and oxygen atoms in total. The van der Waals surface area contributed by atoms with E-state index in [-0.39, 0.29) is 12.5 Å². The molecule has 0 saturated carbocycles. The number of hydrogen-bond acceptors (Lipinski definition) is 3. The maximum atomic E-state index is 13.0.